The Hall–Kier alpha value is -1.51. The van der Waals surface area contributed by atoms with Crippen LogP contribution in [0.3, 0.4) is 0 Å². The second-order valence-corrected chi connectivity index (χ2v) is 4.36. The van der Waals surface area contributed by atoms with Gasteiger partial charge in [0.15, 0.2) is 0 Å². The molecule has 17 heavy (non-hydrogen) atoms. The summed E-state index contributed by atoms with van der Waals surface area (Å²) in [4.78, 5) is 10.4. The second-order valence-electron chi connectivity index (χ2n) is 4.36. The van der Waals surface area contributed by atoms with Crippen molar-refractivity contribution >= 4 is 5.97 Å². The fourth-order valence-electron chi connectivity index (χ4n) is 2.04. The fraction of sp³-hybridized carbons (Fsp3) is 0.500. The monoisotopic (exact) mass is 236 g/mol. The first-order valence-corrected chi connectivity index (χ1v) is 5.90. The molecule has 94 valence electrons. The molecule has 1 N–H and O–H groups in total. The number of hydrogen-bond donors (Lipinski definition) is 1. The molecule has 0 unspecified atom stereocenters. The number of ether oxygens (including phenoxy) is 1. The Kier molecular flexibility index (Phi) is 5.01. The summed E-state index contributed by atoms with van der Waals surface area (Å²) >= 11 is 0. The zero-order chi connectivity index (χ0) is 12.8. The summed E-state index contributed by atoms with van der Waals surface area (Å²) in [5, 5.41) is 8.58. The van der Waals surface area contributed by atoms with E-state index < -0.39 is 5.97 Å². The molecule has 1 rings (SSSR count). The van der Waals surface area contributed by atoms with Gasteiger partial charge in [-0.05, 0) is 55.9 Å². The molecule has 0 amide bonds. The Balaban J connectivity index is 2.66. The Morgan fingerprint density at radius 3 is 2.59 bits per heavy atom. The summed E-state index contributed by atoms with van der Waals surface area (Å²) in [5.74, 6) is 0.190. The number of hydrogen-bond acceptors (Lipinski definition) is 2. The van der Waals surface area contributed by atoms with E-state index in [4.69, 9.17) is 9.84 Å². The van der Waals surface area contributed by atoms with Crippen molar-refractivity contribution in [3.05, 3.63) is 28.8 Å². The van der Waals surface area contributed by atoms with Crippen molar-refractivity contribution in [3.8, 4) is 5.75 Å². The number of benzene rings is 1. The fourth-order valence-corrected chi connectivity index (χ4v) is 2.04. The lowest BCUT2D eigenvalue weighted by atomic mass is 9.99. The third-order valence-electron chi connectivity index (χ3n) is 2.86. The van der Waals surface area contributed by atoms with Crippen molar-refractivity contribution in [2.45, 2.75) is 39.5 Å². The van der Waals surface area contributed by atoms with Gasteiger partial charge >= 0.3 is 5.97 Å². The van der Waals surface area contributed by atoms with Gasteiger partial charge in [-0.2, -0.15) is 0 Å². The van der Waals surface area contributed by atoms with Crippen molar-refractivity contribution in [1.82, 2.24) is 0 Å². The second kappa shape index (κ2) is 6.28. The van der Waals surface area contributed by atoms with Gasteiger partial charge in [0.05, 0.1) is 7.11 Å². The maximum Gasteiger partial charge on any atom is 0.303 e. The summed E-state index contributed by atoms with van der Waals surface area (Å²) in [6.45, 7) is 4.12. The Bertz CT molecular complexity index is 397. The highest BCUT2D eigenvalue weighted by Crippen LogP contribution is 2.25. The van der Waals surface area contributed by atoms with Crippen LogP contribution in [0.1, 0.15) is 36.0 Å². The van der Waals surface area contributed by atoms with Gasteiger partial charge in [0.1, 0.15) is 5.75 Å². The van der Waals surface area contributed by atoms with Gasteiger partial charge in [0.2, 0.25) is 0 Å². The van der Waals surface area contributed by atoms with E-state index in [9.17, 15) is 4.79 Å². The molecule has 3 nitrogen and oxygen atoms in total. The molecule has 1 aromatic carbocycles. The molecule has 0 aliphatic heterocycles. The lowest BCUT2D eigenvalue weighted by Gasteiger charge is -2.12. The third kappa shape index (κ3) is 4.10. The summed E-state index contributed by atoms with van der Waals surface area (Å²) in [6, 6.07) is 4.16. The molecule has 0 radical (unpaired) electrons. The number of carbonyl (C=O) groups is 1. The molecule has 0 fully saturated rings. The molecular weight excluding hydrogens is 216 g/mol. The quantitative estimate of drug-likeness (QED) is 0.772. The number of carboxylic acid groups (broad SMARTS) is 1. The van der Waals surface area contributed by atoms with Crippen molar-refractivity contribution in [1.29, 1.82) is 0 Å². The highest BCUT2D eigenvalue weighted by molar-refractivity contribution is 5.66. The molecule has 0 saturated carbocycles. The van der Waals surface area contributed by atoms with Crippen LogP contribution < -0.4 is 4.74 Å². The molecule has 0 atom stereocenters. The topological polar surface area (TPSA) is 46.5 Å². The van der Waals surface area contributed by atoms with Crippen LogP contribution in [0.25, 0.3) is 0 Å². The van der Waals surface area contributed by atoms with E-state index in [1.54, 1.807) is 7.11 Å². The molecule has 0 aromatic heterocycles. The highest BCUT2D eigenvalue weighted by Gasteiger charge is 2.07. The van der Waals surface area contributed by atoms with Crippen LogP contribution >= 0.6 is 0 Å². The highest BCUT2D eigenvalue weighted by atomic mass is 16.5. The van der Waals surface area contributed by atoms with E-state index in [-0.39, 0.29) is 6.42 Å². The summed E-state index contributed by atoms with van der Waals surface area (Å²) in [5.41, 5.74) is 3.61. The zero-order valence-electron chi connectivity index (χ0n) is 10.7. The van der Waals surface area contributed by atoms with Crippen LogP contribution in [0.4, 0.5) is 0 Å². The standard InChI is InChI=1S/C14H20O3/c1-10-8-11(2)12(13(9-10)17-3)6-4-5-7-14(15)16/h8-9H,4-7H2,1-3H3,(H,15,16). The zero-order valence-corrected chi connectivity index (χ0v) is 10.7. The van der Waals surface area contributed by atoms with Crippen LogP contribution in [0, 0.1) is 13.8 Å². The summed E-state index contributed by atoms with van der Waals surface area (Å²) in [6.07, 6.45) is 2.72. The normalized spacial score (nSPS) is 10.3. The predicted octanol–water partition coefficient (Wildman–Crippen LogP) is 3.11. The van der Waals surface area contributed by atoms with E-state index in [2.05, 4.69) is 13.0 Å². The molecule has 0 aliphatic rings. The molecule has 1 aromatic rings. The van der Waals surface area contributed by atoms with E-state index in [1.165, 1.54) is 16.7 Å². The van der Waals surface area contributed by atoms with E-state index in [0.717, 1.165) is 18.6 Å². The average Bonchev–Trinajstić information content (AvgIpc) is 2.25. The SMILES string of the molecule is COc1cc(C)cc(C)c1CCCCC(=O)O. The lowest BCUT2D eigenvalue weighted by Crippen LogP contribution is -1.99. The number of carboxylic acids is 1. The van der Waals surface area contributed by atoms with Crippen LogP contribution in [0.5, 0.6) is 5.75 Å². The van der Waals surface area contributed by atoms with Gasteiger partial charge in [-0.1, -0.05) is 6.07 Å². The van der Waals surface area contributed by atoms with Gasteiger partial charge in [0, 0.05) is 6.42 Å². The molecule has 0 spiro atoms. The molecule has 0 heterocycles. The van der Waals surface area contributed by atoms with Crippen LogP contribution in [-0.4, -0.2) is 18.2 Å². The van der Waals surface area contributed by atoms with E-state index in [1.807, 2.05) is 13.0 Å². The van der Waals surface area contributed by atoms with Crippen molar-refractivity contribution in [2.75, 3.05) is 7.11 Å². The minimum absolute atomic E-state index is 0.243. The summed E-state index contributed by atoms with van der Waals surface area (Å²) in [7, 11) is 1.68. The van der Waals surface area contributed by atoms with Crippen LogP contribution in [-0.2, 0) is 11.2 Å². The van der Waals surface area contributed by atoms with Crippen molar-refractivity contribution in [2.24, 2.45) is 0 Å². The predicted molar refractivity (Wildman–Crippen MR) is 67.7 cm³/mol. The number of methoxy groups -OCH3 is 1. The Morgan fingerprint density at radius 2 is 2.00 bits per heavy atom. The number of rotatable bonds is 6. The molecule has 0 bridgehead atoms. The first kappa shape index (κ1) is 13.6. The average molecular weight is 236 g/mol. The number of aliphatic carboxylic acids is 1. The molecule has 3 heteroatoms. The maximum atomic E-state index is 10.4. The Morgan fingerprint density at radius 1 is 1.29 bits per heavy atom. The van der Waals surface area contributed by atoms with Gasteiger partial charge in [0.25, 0.3) is 0 Å². The van der Waals surface area contributed by atoms with Gasteiger partial charge in [-0.3, -0.25) is 4.79 Å². The lowest BCUT2D eigenvalue weighted by molar-refractivity contribution is -0.137. The van der Waals surface area contributed by atoms with Gasteiger partial charge in [-0.15, -0.1) is 0 Å². The molecular formula is C14H20O3. The first-order valence-electron chi connectivity index (χ1n) is 5.90. The first-order chi connectivity index (χ1) is 8.04. The molecule has 0 saturated heterocycles. The van der Waals surface area contributed by atoms with E-state index >= 15 is 0 Å². The summed E-state index contributed by atoms with van der Waals surface area (Å²) < 4.78 is 5.37. The van der Waals surface area contributed by atoms with E-state index in [0.29, 0.717) is 6.42 Å². The van der Waals surface area contributed by atoms with Gasteiger partial charge in [-0.25, -0.2) is 0 Å². The van der Waals surface area contributed by atoms with Gasteiger partial charge < -0.3 is 9.84 Å². The van der Waals surface area contributed by atoms with Crippen molar-refractivity contribution in [3.63, 3.8) is 0 Å². The molecule has 0 aliphatic carbocycles. The minimum Gasteiger partial charge on any atom is -0.496 e. The minimum atomic E-state index is -0.724. The smallest absolute Gasteiger partial charge is 0.303 e. The largest absolute Gasteiger partial charge is 0.496 e. The third-order valence-corrected chi connectivity index (χ3v) is 2.86. The maximum absolute atomic E-state index is 10.4. The number of aryl methyl sites for hydroxylation is 2. The van der Waals surface area contributed by atoms with Crippen LogP contribution in [0.2, 0.25) is 0 Å². The number of unbranched alkanes of at least 4 members (excludes halogenated alkanes) is 1. The van der Waals surface area contributed by atoms with Crippen LogP contribution in [0.15, 0.2) is 12.1 Å². The van der Waals surface area contributed by atoms with Crippen molar-refractivity contribution < 1.29 is 14.6 Å². The Labute approximate surface area is 102 Å².